The Bertz CT molecular complexity index is 675. The maximum Gasteiger partial charge on any atom is 0.407 e. The van der Waals surface area contributed by atoms with Gasteiger partial charge in [-0.05, 0) is 63.8 Å². The minimum Gasteiger partial charge on any atom is -0.486 e. The van der Waals surface area contributed by atoms with E-state index in [4.69, 9.17) is 14.2 Å². The number of hydrogen-bond donors (Lipinski definition) is 1. The predicted octanol–water partition coefficient (Wildman–Crippen LogP) is 3.96. The molecule has 1 atom stereocenters. The number of rotatable bonds is 4. The van der Waals surface area contributed by atoms with Gasteiger partial charge >= 0.3 is 6.09 Å². The number of alkyl carbamates (subject to hydrolysis) is 1. The molecule has 0 saturated carbocycles. The topological polar surface area (TPSA) is 60.0 Å². The van der Waals surface area contributed by atoms with E-state index in [1.54, 1.807) is 0 Å². The molecule has 3 rings (SSSR count). The summed E-state index contributed by atoms with van der Waals surface area (Å²) in [6.45, 7) is 10.3. The van der Waals surface area contributed by atoms with Gasteiger partial charge in [0, 0.05) is 24.1 Å². The van der Waals surface area contributed by atoms with Gasteiger partial charge in [0.15, 0.2) is 11.5 Å². The Kier molecular flexibility index (Phi) is 6.52. The Morgan fingerprint density at radius 1 is 1.30 bits per heavy atom. The summed E-state index contributed by atoms with van der Waals surface area (Å²) in [4.78, 5) is 14.3. The fourth-order valence-corrected chi connectivity index (χ4v) is 3.92. The van der Waals surface area contributed by atoms with Gasteiger partial charge in [0.05, 0.1) is 0 Å². The van der Waals surface area contributed by atoms with E-state index in [0.29, 0.717) is 25.7 Å². The predicted molar refractivity (Wildman–Crippen MR) is 107 cm³/mol. The molecule has 0 bridgehead atoms. The fourth-order valence-electron chi connectivity index (χ4n) is 3.47. The molecule has 0 radical (unpaired) electrons. The van der Waals surface area contributed by atoms with Crippen LogP contribution in [0.4, 0.5) is 4.79 Å². The molecule has 1 saturated heterocycles. The van der Waals surface area contributed by atoms with Crippen molar-refractivity contribution < 1.29 is 19.0 Å². The quantitative estimate of drug-likeness (QED) is 0.767. The zero-order valence-corrected chi connectivity index (χ0v) is 17.9. The largest absolute Gasteiger partial charge is 0.486 e. The highest BCUT2D eigenvalue weighted by Gasteiger charge is 2.23. The Morgan fingerprint density at radius 2 is 2.00 bits per heavy atom. The van der Waals surface area contributed by atoms with Gasteiger partial charge in [0.25, 0.3) is 0 Å². The summed E-state index contributed by atoms with van der Waals surface area (Å²) in [5.74, 6) is 2.05. The van der Waals surface area contributed by atoms with E-state index >= 15 is 0 Å². The standard InChI is InChI=1S/C20H29BrN2O4/c1-20(2,3)27-19(24)22-11-14-5-4-6-23(12-14)13-15-9-17-18(10-16(15)21)26-8-7-25-17/h9-10,14H,4-8,11-13H2,1-3H3,(H,22,24). The number of ether oxygens (including phenoxy) is 3. The molecule has 1 unspecified atom stereocenters. The number of carbonyl (C=O) groups excluding carboxylic acids is 1. The van der Waals surface area contributed by atoms with Crippen LogP contribution in [0.25, 0.3) is 0 Å². The zero-order valence-electron chi connectivity index (χ0n) is 16.3. The lowest BCUT2D eigenvalue weighted by Crippen LogP contribution is -2.41. The molecule has 1 aromatic rings. The average Bonchev–Trinajstić information content (AvgIpc) is 2.59. The molecule has 1 fully saturated rings. The van der Waals surface area contributed by atoms with Gasteiger partial charge in [-0.15, -0.1) is 0 Å². The molecule has 2 aliphatic heterocycles. The van der Waals surface area contributed by atoms with Crippen molar-refractivity contribution in [3.05, 3.63) is 22.2 Å². The van der Waals surface area contributed by atoms with Crippen molar-refractivity contribution >= 4 is 22.0 Å². The smallest absolute Gasteiger partial charge is 0.407 e. The Hall–Kier alpha value is -1.47. The van der Waals surface area contributed by atoms with Gasteiger partial charge in [-0.2, -0.15) is 0 Å². The summed E-state index contributed by atoms with van der Waals surface area (Å²) in [5, 5.41) is 2.91. The van der Waals surface area contributed by atoms with Crippen molar-refractivity contribution in [3.8, 4) is 11.5 Å². The molecule has 1 aromatic carbocycles. The number of fused-ring (bicyclic) bond motifs is 1. The van der Waals surface area contributed by atoms with E-state index in [-0.39, 0.29) is 6.09 Å². The fraction of sp³-hybridized carbons (Fsp3) is 0.650. The molecule has 27 heavy (non-hydrogen) atoms. The molecule has 2 aliphatic rings. The second-order valence-electron chi connectivity index (χ2n) is 8.21. The van der Waals surface area contributed by atoms with Crippen LogP contribution in [0.5, 0.6) is 11.5 Å². The van der Waals surface area contributed by atoms with E-state index in [2.05, 4.69) is 32.2 Å². The van der Waals surface area contributed by atoms with E-state index < -0.39 is 5.60 Å². The second-order valence-corrected chi connectivity index (χ2v) is 9.07. The van der Waals surface area contributed by atoms with Crippen LogP contribution in [0.15, 0.2) is 16.6 Å². The lowest BCUT2D eigenvalue weighted by atomic mass is 9.97. The summed E-state index contributed by atoms with van der Waals surface area (Å²) >= 11 is 3.66. The van der Waals surface area contributed by atoms with Crippen molar-refractivity contribution in [2.45, 2.75) is 45.8 Å². The lowest BCUT2D eigenvalue weighted by Gasteiger charge is -2.33. The summed E-state index contributed by atoms with van der Waals surface area (Å²) < 4.78 is 17.7. The molecule has 2 heterocycles. The number of amides is 1. The maximum atomic E-state index is 11.9. The van der Waals surface area contributed by atoms with Crippen LogP contribution >= 0.6 is 15.9 Å². The molecule has 0 aromatic heterocycles. The number of nitrogens with zero attached hydrogens (tertiary/aromatic N) is 1. The first-order chi connectivity index (χ1) is 12.8. The normalized spacial score (nSPS) is 20.2. The monoisotopic (exact) mass is 440 g/mol. The maximum absolute atomic E-state index is 11.9. The van der Waals surface area contributed by atoms with Gasteiger partial charge in [-0.1, -0.05) is 15.9 Å². The highest BCUT2D eigenvalue weighted by Crippen LogP contribution is 2.36. The van der Waals surface area contributed by atoms with Crippen LogP contribution in [0.1, 0.15) is 39.2 Å². The molecule has 0 aliphatic carbocycles. The molecule has 150 valence electrons. The minimum absolute atomic E-state index is 0.339. The van der Waals surface area contributed by atoms with Gasteiger partial charge in [-0.25, -0.2) is 4.79 Å². The minimum atomic E-state index is -0.465. The first-order valence-corrected chi connectivity index (χ1v) is 10.4. The first kappa shape index (κ1) is 20.3. The lowest BCUT2D eigenvalue weighted by molar-refractivity contribution is 0.0506. The van der Waals surface area contributed by atoms with E-state index in [0.717, 1.165) is 48.4 Å². The molecule has 7 heteroatoms. The first-order valence-electron chi connectivity index (χ1n) is 9.57. The number of halogens is 1. The van der Waals surface area contributed by atoms with Crippen molar-refractivity contribution in [2.24, 2.45) is 5.92 Å². The summed E-state index contributed by atoms with van der Waals surface area (Å²) in [5.41, 5.74) is 0.729. The molecule has 6 nitrogen and oxygen atoms in total. The number of piperidine rings is 1. The van der Waals surface area contributed by atoms with Crippen molar-refractivity contribution in [1.29, 1.82) is 0 Å². The third-order valence-corrected chi connectivity index (χ3v) is 5.38. The van der Waals surface area contributed by atoms with Gasteiger partial charge in [-0.3, -0.25) is 4.90 Å². The summed E-state index contributed by atoms with van der Waals surface area (Å²) in [6, 6.07) is 4.07. The molecule has 0 spiro atoms. The third kappa shape index (κ3) is 6.01. The molecular weight excluding hydrogens is 412 g/mol. The van der Waals surface area contributed by atoms with Crippen LogP contribution in [0, 0.1) is 5.92 Å². The highest BCUT2D eigenvalue weighted by molar-refractivity contribution is 9.10. The van der Waals surface area contributed by atoms with Crippen molar-refractivity contribution in [2.75, 3.05) is 32.8 Å². The van der Waals surface area contributed by atoms with E-state index in [1.807, 2.05) is 26.8 Å². The average molecular weight is 441 g/mol. The Labute approximate surface area is 169 Å². The van der Waals surface area contributed by atoms with Crippen LogP contribution in [-0.4, -0.2) is 49.4 Å². The van der Waals surface area contributed by atoms with Gasteiger partial charge in [0.1, 0.15) is 18.8 Å². The second kappa shape index (κ2) is 8.69. The van der Waals surface area contributed by atoms with E-state index in [1.165, 1.54) is 5.56 Å². The third-order valence-electron chi connectivity index (χ3n) is 4.64. The van der Waals surface area contributed by atoms with Crippen molar-refractivity contribution in [1.82, 2.24) is 10.2 Å². The molecule has 1 N–H and O–H groups in total. The number of benzene rings is 1. The Morgan fingerprint density at radius 3 is 2.70 bits per heavy atom. The number of nitrogens with one attached hydrogen (secondary N) is 1. The molecule has 1 amide bonds. The Balaban J connectivity index is 1.53. The van der Waals surface area contributed by atoms with Crippen LogP contribution in [-0.2, 0) is 11.3 Å². The zero-order chi connectivity index (χ0) is 19.4. The van der Waals surface area contributed by atoms with Gasteiger partial charge < -0.3 is 19.5 Å². The number of hydrogen-bond acceptors (Lipinski definition) is 5. The van der Waals surface area contributed by atoms with Gasteiger partial charge in [0.2, 0.25) is 0 Å². The number of likely N-dealkylation sites (tertiary alicyclic amines) is 1. The van der Waals surface area contributed by atoms with Crippen LogP contribution in [0.3, 0.4) is 0 Å². The summed E-state index contributed by atoms with van der Waals surface area (Å²) in [7, 11) is 0. The molecular formula is C20H29BrN2O4. The highest BCUT2D eigenvalue weighted by atomic mass is 79.9. The summed E-state index contributed by atoms with van der Waals surface area (Å²) in [6.07, 6.45) is 1.91. The van der Waals surface area contributed by atoms with Crippen LogP contribution < -0.4 is 14.8 Å². The van der Waals surface area contributed by atoms with Crippen LogP contribution in [0.2, 0.25) is 0 Å². The van der Waals surface area contributed by atoms with Crippen molar-refractivity contribution in [3.63, 3.8) is 0 Å². The number of carbonyl (C=O) groups is 1. The van der Waals surface area contributed by atoms with E-state index in [9.17, 15) is 4.79 Å². The SMILES string of the molecule is CC(C)(C)OC(=O)NCC1CCCN(Cc2cc3c(cc2Br)OCCO3)C1.